The van der Waals surface area contributed by atoms with Crippen LogP contribution in [0.5, 0.6) is 0 Å². The lowest BCUT2D eigenvalue weighted by atomic mass is 10.2. The van der Waals surface area contributed by atoms with Crippen LogP contribution in [0.4, 0.5) is 27.6 Å². The Labute approximate surface area is 175 Å². The minimum Gasteiger partial charge on any atom is -0.322 e. The number of hydrogen-bond donors (Lipinski definition) is 1. The molecule has 0 aliphatic carbocycles. The van der Waals surface area contributed by atoms with Gasteiger partial charge in [-0.1, -0.05) is 6.07 Å². The van der Waals surface area contributed by atoms with Crippen molar-refractivity contribution in [3.63, 3.8) is 0 Å². The molecular formula is C20H12F5N5O2. The van der Waals surface area contributed by atoms with Crippen LogP contribution in [0.1, 0.15) is 5.56 Å². The Balaban J connectivity index is 1.63. The SMILES string of the molecule is O=C(Cn1cnc2c(cnn2-c2cccc(C(F)(F)F)c2)c1=O)Nc1cc(F)ccc1F. The van der Waals surface area contributed by atoms with Crippen LogP contribution in [-0.2, 0) is 17.5 Å². The maximum Gasteiger partial charge on any atom is 0.416 e. The Kier molecular flexibility index (Phi) is 5.20. The van der Waals surface area contributed by atoms with Crippen LogP contribution in [0.2, 0.25) is 0 Å². The van der Waals surface area contributed by atoms with Gasteiger partial charge in [0.05, 0.1) is 23.1 Å². The molecule has 1 N–H and O–H groups in total. The maximum absolute atomic E-state index is 13.7. The molecule has 0 radical (unpaired) electrons. The summed E-state index contributed by atoms with van der Waals surface area (Å²) in [6, 6.07) is 6.84. The van der Waals surface area contributed by atoms with E-state index in [1.807, 2.05) is 0 Å². The smallest absolute Gasteiger partial charge is 0.322 e. The number of hydrogen-bond acceptors (Lipinski definition) is 4. The van der Waals surface area contributed by atoms with Crippen molar-refractivity contribution in [2.45, 2.75) is 12.7 Å². The lowest BCUT2D eigenvalue weighted by Gasteiger charge is -2.10. The Bertz CT molecular complexity index is 1390. The average Bonchev–Trinajstić information content (AvgIpc) is 3.17. The van der Waals surface area contributed by atoms with Crippen molar-refractivity contribution in [3.8, 4) is 5.69 Å². The van der Waals surface area contributed by atoms with Crippen molar-refractivity contribution in [1.29, 1.82) is 0 Å². The molecule has 7 nitrogen and oxygen atoms in total. The first-order valence-corrected chi connectivity index (χ1v) is 8.99. The van der Waals surface area contributed by atoms with Gasteiger partial charge in [-0.05, 0) is 30.3 Å². The summed E-state index contributed by atoms with van der Waals surface area (Å²) >= 11 is 0. The number of benzene rings is 2. The Morgan fingerprint density at radius 1 is 1.09 bits per heavy atom. The third-order valence-corrected chi connectivity index (χ3v) is 4.49. The second-order valence-electron chi connectivity index (χ2n) is 6.69. The zero-order valence-corrected chi connectivity index (χ0v) is 15.9. The number of carbonyl (C=O) groups excluding carboxylic acids is 1. The summed E-state index contributed by atoms with van der Waals surface area (Å²) in [6.45, 7) is -0.563. The zero-order chi connectivity index (χ0) is 23.0. The van der Waals surface area contributed by atoms with Gasteiger partial charge in [0.25, 0.3) is 5.56 Å². The van der Waals surface area contributed by atoms with Gasteiger partial charge >= 0.3 is 6.18 Å². The normalized spacial score (nSPS) is 11.7. The van der Waals surface area contributed by atoms with Gasteiger partial charge in [0.2, 0.25) is 5.91 Å². The predicted molar refractivity (Wildman–Crippen MR) is 103 cm³/mol. The van der Waals surface area contributed by atoms with Crippen molar-refractivity contribution in [3.05, 3.63) is 82.5 Å². The number of nitrogens with one attached hydrogen (secondary N) is 1. The van der Waals surface area contributed by atoms with E-state index in [0.717, 1.165) is 52.1 Å². The van der Waals surface area contributed by atoms with E-state index >= 15 is 0 Å². The minimum absolute atomic E-state index is 0.0119. The monoisotopic (exact) mass is 449 g/mol. The van der Waals surface area contributed by atoms with Crippen molar-refractivity contribution in [2.24, 2.45) is 0 Å². The van der Waals surface area contributed by atoms with Gasteiger partial charge in [-0.3, -0.25) is 14.2 Å². The molecule has 164 valence electrons. The molecule has 0 spiro atoms. The fourth-order valence-corrected chi connectivity index (χ4v) is 3.00. The summed E-state index contributed by atoms with van der Waals surface area (Å²) in [4.78, 5) is 28.9. The van der Waals surface area contributed by atoms with Crippen LogP contribution in [0, 0.1) is 11.6 Å². The number of halogens is 5. The molecule has 0 saturated heterocycles. The molecular weight excluding hydrogens is 437 g/mol. The number of rotatable bonds is 4. The highest BCUT2D eigenvalue weighted by Crippen LogP contribution is 2.30. The molecule has 0 aliphatic rings. The van der Waals surface area contributed by atoms with E-state index in [-0.39, 0.29) is 16.7 Å². The summed E-state index contributed by atoms with van der Waals surface area (Å²) < 4.78 is 67.9. The molecule has 32 heavy (non-hydrogen) atoms. The molecule has 4 rings (SSSR count). The van der Waals surface area contributed by atoms with Crippen molar-refractivity contribution < 1.29 is 26.7 Å². The average molecular weight is 449 g/mol. The fraction of sp³-hybridized carbons (Fsp3) is 0.100. The lowest BCUT2D eigenvalue weighted by molar-refractivity contribution is -0.137. The molecule has 0 saturated carbocycles. The molecule has 2 heterocycles. The zero-order valence-electron chi connectivity index (χ0n) is 15.9. The third kappa shape index (κ3) is 4.06. The molecule has 0 bridgehead atoms. The quantitative estimate of drug-likeness (QED) is 0.484. The minimum atomic E-state index is -4.56. The summed E-state index contributed by atoms with van der Waals surface area (Å²) in [6.07, 6.45) is -2.43. The second-order valence-corrected chi connectivity index (χ2v) is 6.69. The van der Waals surface area contributed by atoms with E-state index in [4.69, 9.17) is 0 Å². The standard InChI is InChI=1S/C20H12F5N5O2/c21-12-4-5-15(22)16(7-12)28-17(31)9-29-10-26-18-14(19(29)32)8-27-30(18)13-3-1-2-11(6-13)20(23,24)25/h1-8,10H,9H2,(H,28,31). The highest BCUT2D eigenvalue weighted by Gasteiger charge is 2.30. The summed E-state index contributed by atoms with van der Waals surface area (Å²) in [7, 11) is 0. The maximum atomic E-state index is 13.7. The van der Waals surface area contributed by atoms with Gasteiger partial charge in [-0.15, -0.1) is 0 Å². The molecule has 0 atom stereocenters. The summed E-state index contributed by atoms with van der Waals surface area (Å²) in [5.41, 5.74) is -1.95. The Hall–Kier alpha value is -4.09. The largest absolute Gasteiger partial charge is 0.416 e. The number of anilines is 1. The van der Waals surface area contributed by atoms with Crippen molar-refractivity contribution in [1.82, 2.24) is 19.3 Å². The highest BCUT2D eigenvalue weighted by molar-refractivity contribution is 5.90. The van der Waals surface area contributed by atoms with Crippen LogP contribution >= 0.6 is 0 Å². The number of nitrogens with zero attached hydrogens (tertiary/aromatic N) is 4. The summed E-state index contributed by atoms with van der Waals surface area (Å²) in [5, 5.41) is 6.05. The van der Waals surface area contributed by atoms with Gasteiger partial charge in [0.15, 0.2) is 5.65 Å². The van der Waals surface area contributed by atoms with E-state index in [1.165, 1.54) is 12.1 Å². The van der Waals surface area contributed by atoms with Gasteiger partial charge in [-0.25, -0.2) is 18.4 Å². The topological polar surface area (TPSA) is 81.8 Å². The number of amides is 1. The third-order valence-electron chi connectivity index (χ3n) is 4.49. The van der Waals surface area contributed by atoms with Crippen LogP contribution in [0.3, 0.4) is 0 Å². The highest BCUT2D eigenvalue weighted by atomic mass is 19.4. The molecule has 2 aromatic carbocycles. The number of alkyl halides is 3. The molecule has 0 fully saturated rings. The van der Waals surface area contributed by atoms with Crippen LogP contribution in [0.25, 0.3) is 16.7 Å². The number of fused-ring (bicyclic) bond motifs is 1. The van der Waals surface area contributed by atoms with E-state index in [2.05, 4.69) is 15.4 Å². The number of aromatic nitrogens is 4. The van der Waals surface area contributed by atoms with Gasteiger partial charge in [0.1, 0.15) is 29.9 Å². The van der Waals surface area contributed by atoms with Gasteiger partial charge in [0, 0.05) is 6.07 Å². The van der Waals surface area contributed by atoms with Crippen LogP contribution in [0.15, 0.2) is 59.8 Å². The molecule has 4 aromatic rings. The van der Waals surface area contributed by atoms with Gasteiger partial charge < -0.3 is 5.32 Å². The first-order valence-electron chi connectivity index (χ1n) is 8.99. The summed E-state index contributed by atoms with van der Waals surface area (Å²) in [5.74, 6) is -2.44. The van der Waals surface area contributed by atoms with Crippen LogP contribution in [-0.4, -0.2) is 25.2 Å². The Morgan fingerprint density at radius 3 is 2.62 bits per heavy atom. The second kappa shape index (κ2) is 7.87. The predicted octanol–water partition coefficient (Wildman–Crippen LogP) is 3.52. The molecule has 0 aliphatic heterocycles. The first kappa shape index (κ1) is 21.2. The lowest BCUT2D eigenvalue weighted by Crippen LogP contribution is -2.28. The van der Waals surface area contributed by atoms with E-state index in [0.29, 0.717) is 0 Å². The number of carbonyl (C=O) groups is 1. The van der Waals surface area contributed by atoms with E-state index < -0.39 is 47.1 Å². The molecule has 0 unspecified atom stereocenters. The molecule has 1 amide bonds. The van der Waals surface area contributed by atoms with E-state index in [1.54, 1.807) is 0 Å². The fourth-order valence-electron chi connectivity index (χ4n) is 3.00. The van der Waals surface area contributed by atoms with E-state index in [9.17, 15) is 31.5 Å². The first-order chi connectivity index (χ1) is 15.1. The molecule has 2 aromatic heterocycles. The van der Waals surface area contributed by atoms with Crippen molar-refractivity contribution in [2.75, 3.05) is 5.32 Å². The van der Waals surface area contributed by atoms with Crippen LogP contribution < -0.4 is 10.9 Å². The molecule has 12 heteroatoms. The van der Waals surface area contributed by atoms with Crippen molar-refractivity contribution >= 4 is 22.6 Å². The Morgan fingerprint density at radius 2 is 1.88 bits per heavy atom. The van der Waals surface area contributed by atoms with Gasteiger partial charge in [-0.2, -0.15) is 18.3 Å².